The maximum absolute atomic E-state index is 12.0. The number of hydrogen-bond donors (Lipinski definition) is 0. The molecule has 1 saturated heterocycles. The van der Waals surface area contributed by atoms with E-state index < -0.39 is 0 Å². The average Bonchev–Trinajstić information content (AvgIpc) is 2.75. The molecule has 0 atom stereocenters. The number of hydrogen-bond acceptors (Lipinski definition) is 4. The van der Waals surface area contributed by atoms with Gasteiger partial charge in [0.2, 0.25) is 5.91 Å². The molecule has 1 aromatic heterocycles. The summed E-state index contributed by atoms with van der Waals surface area (Å²) in [5, 5.41) is 4.01. The zero-order chi connectivity index (χ0) is 13.8. The van der Waals surface area contributed by atoms with Crippen LogP contribution in [0, 0.1) is 12.8 Å². The quantitative estimate of drug-likeness (QED) is 0.831. The normalized spacial score (nSPS) is 17.2. The van der Waals surface area contributed by atoms with Crippen LogP contribution in [0.25, 0.3) is 0 Å². The second-order valence-corrected chi connectivity index (χ2v) is 5.68. The van der Waals surface area contributed by atoms with E-state index in [1.54, 1.807) is 0 Å². The van der Waals surface area contributed by atoms with Gasteiger partial charge in [0, 0.05) is 45.2 Å². The first kappa shape index (κ1) is 14.1. The fraction of sp³-hybridized carbons (Fsp3) is 0.714. The van der Waals surface area contributed by atoms with Crippen LogP contribution < -0.4 is 0 Å². The summed E-state index contributed by atoms with van der Waals surface area (Å²) >= 11 is 0. The molecule has 106 valence electrons. The second kappa shape index (κ2) is 6.19. The Labute approximate surface area is 114 Å². The summed E-state index contributed by atoms with van der Waals surface area (Å²) in [6.45, 7) is 10.3. The van der Waals surface area contributed by atoms with Crippen molar-refractivity contribution in [2.75, 3.05) is 26.2 Å². The molecule has 0 unspecified atom stereocenters. The molecule has 1 fully saturated rings. The fourth-order valence-corrected chi connectivity index (χ4v) is 2.36. The van der Waals surface area contributed by atoms with Gasteiger partial charge in [0.05, 0.1) is 5.69 Å². The number of aryl methyl sites for hydroxylation is 1. The summed E-state index contributed by atoms with van der Waals surface area (Å²) in [5.41, 5.74) is 0.972. The first-order chi connectivity index (χ1) is 9.04. The number of carbonyl (C=O) groups excluding carboxylic acids is 1. The van der Waals surface area contributed by atoms with Crippen molar-refractivity contribution < 1.29 is 9.32 Å². The molecule has 0 spiro atoms. The third-order valence-corrected chi connectivity index (χ3v) is 3.37. The largest absolute Gasteiger partial charge is 0.361 e. The summed E-state index contributed by atoms with van der Waals surface area (Å²) in [6, 6.07) is 1.97. The molecule has 1 amide bonds. The molecular weight excluding hydrogens is 242 g/mol. The van der Waals surface area contributed by atoms with Gasteiger partial charge < -0.3 is 9.42 Å². The van der Waals surface area contributed by atoms with Crippen LogP contribution in [-0.4, -0.2) is 47.0 Å². The van der Waals surface area contributed by atoms with Gasteiger partial charge in [-0.15, -0.1) is 0 Å². The molecule has 5 nitrogen and oxygen atoms in total. The Morgan fingerprint density at radius 2 is 2.05 bits per heavy atom. The minimum atomic E-state index is 0.284. The number of piperazine rings is 1. The highest BCUT2D eigenvalue weighted by atomic mass is 16.5. The summed E-state index contributed by atoms with van der Waals surface area (Å²) in [7, 11) is 0. The zero-order valence-corrected chi connectivity index (χ0v) is 12.1. The minimum Gasteiger partial charge on any atom is -0.361 e. The maximum Gasteiger partial charge on any atom is 0.222 e. The summed E-state index contributed by atoms with van der Waals surface area (Å²) in [5.74, 6) is 1.57. The SMILES string of the molecule is Cc1cc(CN2CCN(C(=O)CC(C)C)CC2)no1. The molecular formula is C14H23N3O2. The van der Waals surface area contributed by atoms with Crippen molar-refractivity contribution in [2.24, 2.45) is 5.92 Å². The van der Waals surface area contributed by atoms with Crippen molar-refractivity contribution in [3.63, 3.8) is 0 Å². The van der Waals surface area contributed by atoms with E-state index in [2.05, 4.69) is 23.9 Å². The monoisotopic (exact) mass is 265 g/mol. The van der Waals surface area contributed by atoms with Crippen LogP contribution in [0.4, 0.5) is 0 Å². The Hall–Kier alpha value is -1.36. The predicted octanol–water partition coefficient (Wildman–Crippen LogP) is 1.67. The second-order valence-electron chi connectivity index (χ2n) is 5.68. The van der Waals surface area contributed by atoms with Gasteiger partial charge in [0.15, 0.2) is 0 Å². The molecule has 19 heavy (non-hydrogen) atoms. The number of carbonyl (C=O) groups is 1. The summed E-state index contributed by atoms with van der Waals surface area (Å²) in [6.07, 6.45) is 0.655. The smallest absolute Gasteiger partial charge is 0.222 e. The van der Waals surface area contributed by atoms with E-state index in [1.807, 2.05) is 17.9 Å². The van der Waals surface area contributed by atoms with Crippen LogP contribution >= 0.6 is 0 Å². The highest BCUT2D eigenvalue weighted by molar-refractivity contribution is 5.76. The van der Waals surface area contributed by atoms with Gasteiger partial charge in [-0.1, -0.05) is 19.0 Å². The van der Waals surface area contributed by atoms with Crippen molar-refractivity contribution in [1.29, 1.82) is 0 Å². The molecule has 0 N–H and O–H groups in total. The molecule has 1 aliphatic rings. The van der Waals surface area contributed by atoms with Crippen LogP contribution in [0.5, 0.6) is 0 Å². The van der Waals surface area contributed by atoms with E-state index in [-0.39, 0.29) is 5.91 Å². The van der Waals surface area contributed by atoms with Gasteiger partial charge in [-0.3, -0.25) is 9.69 Å². The van der Waals surface area contributed by atoms with Gasteiger partial charge >= 0.3 is 0 Å². The van der Waals surface area contributed by atoms with Crippen molar-refractivity contribution in [1.82, 2.24) is 15.0 Å². The summed E-state index contributed by atoms with van der Waals surface area (Å²) < 4.78 is 5.07. The van der Waals surface area contributed by atoms with Gasteiger partial charge in [0.1, 0.15) is 5.76 Å². The van der Waals surface area contributed by atoms with Crippen molar-refractivity contribution >= 4 is 5.91 Å². The number of aromatic nitrogens is 1. The van der Waals surface area contributed by atoms with Gasteiger partial charge in [0.25, 0.3) is 0 Å². The van der Waals surface area contributed by atoms with Crippen molar-refractivity contribution in [3.05, 3.63) is 17.5 Å². The van der Waals surface area contributed by atoms with E-state index in [0.717, 1.165) is 44.2 Å². The fourth-order valence-electron chi connectivity index (χ4n) is 2.36. The van der Waals surface area contributed by atoms with E-state index >= 15 is 0 Å². The highest BCUT2D eigenvalue weighted by Crippen LogP contribution is 2.11. The number of amides is 1. The van der Waals surface area contributed by atoms with Crippen LogP contribution in [0.3, 0.4) is 0 Å². The Morgan fingerprint density at radius 1 is 1.37 bits per heavy atom. The maximum atomic E-state index is 12.0. The number of rotatable bonds is 4. The van der Waals surface area contributed by atoms with Crippen molar-refractivity contribution in [3.8, 4) is 0 Å². The average molecular weight is 265 g/mol. The minimum absolute atomic E-state index is 0.284. The molecule has 5 heteroatoms. The lowest BCUT2D eigenvalue weighted by molar-refractivity contribution is -0.133. The lowest BCUT2D eigenvalue weighted by Gasteiger charge is -2.34. The predicted molar refractivity (Wildman–Crippen MR) is 72.6 cm³/mol. The number of nitrogens with zero attached hydrogens (tertiary/aromatic N) is 3. The molecule has 2 rings (SSSR count). The molecule has 1 aromatic rings. The van der Waals surface area contributed by atoms with E-state index in [9.17, 15) is 4.79 Å². The first-order valence-corrected chi connectivity index (χ1v) is 6.97. The molecule has 0 aliphatic carbocycles. The van der Waals surface area contributed by atoms with Crippen LogP contribution in [0.2, 0.25) is 0 Å². The molecule has 2 heterocycles. The van der Waals surface area contributed by atoms with Crippen LogP contribution in [0.1, 0.15) is 31.7 Å². The van der Waals surface area contributed by atoms with E-state index in [4.69, 9.17) is 4.52 Å². The Kier molecular flexibility index (Phi) is 4.58. The summed E-state index contributed by atoms with van der Waals surface area (Å²) in [4.78, 5) is 16.2. The molecule has 0 saturated carbocycles. The Balaban J connectivity index is 1.77. The molecule has 0 aromatic carbocycles. The Bertz CT molecular complexity index is 420. The topological polar surface area (TPSA) is 49.6 Å². The van der Waals surface area contributed by atoms with E-state index in [0.29, 0.717) is 12.3 Å². The van der Waals surface area contributed by atoms with Crippen LogP contribution in [0.15, 0.2) is 10.6 Å². The Morgan fingerprint density at radius 3 is 2.58 bits per heavy atom. The third-order valence-electron chi connectivity index (χ3n) is 3.37. The van der Waals surface area contributed by atoms with Crippen LogP contribution in [-0.2, 0) is 11.3 Å². The van der Waals surface area contributed by atoms with Gasteiger partial charge in [-0.05, 0) is 12.8 Å². The van der Waals surface area contributed by atoms with E-state index in [1.165, 1.54) is 0 Å². The van der Waals surface area contributed by atoms with Crippen molar-refractivity contribution in [2.45, 2.75) is 33.7 Å². The highest BCUT2D eigenvalue weighted by Gasteiger charge is 2.22. The standard InChI is InChI=1S/C14H23N3O2/c1-11(2)8-14(18)17-6-4-16(5-7-17)10-13-9-12(3)19-15-13/h9,11H,4-8,10H2,1-3H3. The lowest BCUT2D eigenvalue weighted by atomic mass is 10.1. The first-order valence-electron chi connectivity index (χ1n) is 6.97. The third kappa shape index (κ3) is 4.06. The molecule has 1 aliphatic heterocycles. The zero-order valence-electron chi connectivity index (χ0n) is 12.1. The van der Waals surface area contributed by atoms with Gasteiger partial charge in [-0.25, -0.2) is 0 Å². The van der Waals surface area contributed by atoms with Gasteiger partial charge in [-0.2, -0.15) is 0 Å². The molecule has 0 radical (unpaired) electrons. The molecule has 0 bridgehead atoms. The lowest BCUT2D eigenvalue weighted by Crippen LogP contribution is -2.48.